The molecule has 0 bridgehead atoms. The Labute approximate surface area is 165 Å². The maximum Gasteiger partial charge on any atom is 0.273 e. The summed E-state index contributed by atoms with van der Waals surface area (Å²) < 4.78 is 5.66. The number of hydrogen-bond donors (Lipinski definition) is 1. The summed E-state index contributed by atoms with van der Waals surface area (Å²) in [7, 11) is 1.95. The zero-order valence-corrected chi connectivity index (χ0v) is 17.0. The number of amides is 1. The van der Waals surface area contributed by atoms with Crippen molar-refractivity contribution in [1.82, 2.24) is 15.2 Å². The number of carbonyl (C=O) groups excluding carboxylic acids is 1. The van der Waals surface area contributed by atoms with E-state index < -0.39 is 0 Å². The van der Waals surface area contributed by atoms with Crippen LogP contribution in [0.4, 0.5) is 0 Å². The van der Waals surface area contributed by atoms with Crippen molar-refractivity contribution in [2.45, 2.75) is 38.8 Å². The fourth-order valence-electron chi connectivity index (χ4n) is 3.01. The van der Waals surface area contributed by atoms with Crippen molar-refractivity contribution in [3.8, 4) is 16.3 Å². The number of piperidine rings is 1. The summed E-state index contributed by atoms with van der Waals surface area (Å²) in [6.45, 7) is 5.58. The van der Waals surface area contributed by atoms with Crippen LogP contribution in [-0.4, -0.2) is 48.1 Å². The van der Waals surface area contributed by atoms with E-state index in [1.807, 2.05) is 55.4 Å². The molecule has 142 valence electrons. The second kappa shape index (κ2) is 9.35. The second-order valence-electron chi connectivity index (χ2n) is 6.61. The predicted molar refractivity (Wildman–Crippen MR) is 109 cm³/mol. The highest BCUT2D eigenvalue weighted by Crippen LogP contribution is 2.27. The number of likely N-dealkylation sites (tertiary alicyclic amines) is 1. The van der Waals surface area contributed by atoms with Crippen molar-refractivity contribution in [3.63, 3.8) is 0 Å². The molecule has 1 aliphatic rings. The fourth-order valence-corrected chi connectivity index (χ4v) is 3.81. The topological polar surface area (TPSA) is 54.5 Å². The zero-order chi connectivity index (χ0) is 17.8. The fraction of sp³-hybridized carbons (Fsp3) is 0.474. The first-order valence-corrected chi connectivity index (χ1v) is 9.64. The van der Waals surface area contributed by atoms with Crippen LogP contribution in [0.15, 0.2) is 29.6 Å². The minimum Gasteiger partial charge on any atom is -0.491 e. The van der Waals surface area contributed by atoms with Gasteiger partial charge in [0.05, 0.1) is 6.10 Å². The third kappa shape index (κ3) is 4.96. The normalized spacial score (nSPS) is 17.1. The van der Waals surface area contributed by atoms with Gasteiger partial charge >= 0.3 is 0 Å². The van der Waals surface area contributed by atoms with Gasteiger partial charge in [-0.15, -0.1) is 23.7 Å². The van der Waals surface area contributed by atoms with Crippen LogP contribution in [0.25, 0.3) is 10.6 Å². The number of ether oxygens (including phenoxy) is 1. The molecule has 1 fully saturated rings. The quantitative estimate of drug-likeness (QED) is 0.835. The van der Waals surface area contributed by atoms with Crippen molar-refractivity contribution < 1.29 is 9.53 Å². The average Bonchev–Trinajstić information content (AvgIpc) is 3.11. The first kappa shape index (κ1) is 20.7. The van der Waals surface area contributed by atoms with Crippen LogP contribution in [-0.2, 0) is 0 Å². The Hall–Kier alpha value is -1.63. The van der Waals surface area contributed by atoms with Crippen LogP contribution < -0.4 is 10.1 Å². The Balaban J connectivity index is 0.00000243. The highest BCUT2D eigenvalue weighted by Gasteiger charge is 2.25. The molecular formula is C19H26ClN3O2S. The van der Waals surface area contributed by atoms with Crippen LogP contribution in [0, 0.1) is 0 Å². The third-order valence-electron chi connectivity index (χ3n) is 4.31. The van der Waals surface area contributed by atoms with Crippen LogP contribution in [0.1, 0.15) is 37.2 Å². The van der Waals surface area contributed by atoms with Gasteiger partial charge in [-0.25, -0.2) is 4.98 Å². The van der Waals surface area contributed by atoms with Gasteiger partial charge in [-0.05, 0) is 58.0 Å². The summed E-state index contributed by atoms with van der Waals surface area (Å²) in [6, 6.07) is 8.25. The molecule has 5 nitrogen and oxygen atoms in total. The number of benzene rings is 1. The largest absolute Gasteiger partial charge is 0.491 e. The van der Waals surface area contributed by atoms with E-state index in [0.29, 0.717) is 11.7 Å². The van der Waals surface area contributed by atoms with E-state index >= 15 is 0 Å². The lowest BCUT2D eigenvalue weighted by atomic mass is 10.1. The number of rotatable bonds is 5. The first-order chi connectivity index (χ1) is 12.1. The van der Waals surface area contributed by atoms with Crippen LogP contribution in [0.5, 0.6) is 5.75 Å². The van der Waals surface area contributed by atoms with Gasteiger partial charge in [0.15, 0.2) is 0 Å². The third-order valence-corrected chi connectivity index (χ3v) is 5.20. The number of likely N-dealkylation sites (N-methyl/N-ethyl adjacent to an activating group) is 1. The Morgan fingerprint density at radius 1 is 1.35 bits per heavy atom. The molecule has 1 aromatic carbocycles. The number of hydrogen-bond acceptors (Lipinski definition) is 5. The van der Waals surface area contributed by atoms with E-state index in [1.165, 1.54) is 11.3 Å². The maximum absolute atomic E-state index is 12.7. The van der Waals surface area contributed by atoms with Gasteiger partial charge in [0.2, 0.25) is 0 Å². The van der Waals surface area contributed by atoms with E-state index in [2.05, 4.69) is 10.3 Å². The van der Waals surface area contributed by atoms with Gasteiger partial charge in [-0.2, -0.15) is 0 Å². The summed E-state index contributed by atoms with van der Waals surface area (Å²) in [5.41, 5.74) is 1.55. The minimum atomic E-state index is 0. The number of aromatic nitrogens is 1. The minimum absolute atomic E-state index is 0. The predicted octanol–water partition coefficient (Wildman–Crippen LogP) is 3.84. The van der Waals surface area contributed by atoms with Crippen LogP contribution in [0.2, 0.25) is 0 Å². The molecule has 1 aromatic heterocycles. The molecule has 2 aromatic rings. The SMILES string of the molecule is CNC1CCCN(C(=O)c2csc(-c3ccc(OC(C)C)cc3)n2)C1.Cl. The lowest BCUT2D eigenvalue weighted by Crippen LogP contribution is -2.47. The van der Waals surface area contributed by atoms with Crippen LogP contribution in [0.3, 0.4) is 0 Å². The molecule has 26 heavy (non-hydrogen) atoms. The molecule has 1 unspecified atom stereocenters. The van der Waals surface area contributed by atoms with Crippen molar-refractivity contribution in [1.29, 1.82) is 0 Å². The Bertz CT molecular complexity index is 718. The van der Waals surface area contributed by atoms with Crippen molar-refractivity contribution in [3.05, 3.63) is 35.3 Å². The summed E-state index contributed by atoms with van der Waals surface area (Å²) in [4.78, 5) is 19.2. The van der Waals surface area contributed by atoms with E-state index in [0.717, 1.165) is 42.3 Å². The highest BCUT2D eigenvalue weighted by atomic mass is 35.5. The van der Waals surface area contributed by atoms with Gasteiger partial charge in [-0.3, -0.25) is 4.79 Å². The number of halogens is 1. The summed E-state index contributed by atoms with van der Waals surface area (Å²) in [5, 5.41) is 5.99. The van der Waals surface area contributed by atoms with E-state index in [1.54, 1.807) is 0 Å². The summed E-state index contributed by atoms with van der Waals surface area (Å²) >= 11 is 1.51. The standard InChI is InChI=1S/C19H25N3O2S.ClH/c1-13(2)24-16-8-6-14(7-9-16)18-21-17(12-25-18)19(23)22-10-4-5-15(11-22)20-3;/h6-9,12-13,15,20H,4-5,10-11H2,1-3H3;1H. The summed E-state index contributed by atoms with van der Waals surface area (Å²) in [6.07, 6.45) is 2.31. The van der Waals surface area contributed by atoms with Crippen molar-refractivity contribution in [2.24, 2.45) is 0 Å². The van der Waals surface area contributed by atoms with Gasteiger partial charge < -0.3 is 15.0 Å². The number of nitrogens with one attached hydrogen (secondary N) is 1. The summed E-state index contributed by atoms with van der Waals surface area (Å²) in [5.74, 6) is 0.875. The molecule has 0 radical (unpaired) electrons. The monoisotopic (exact) mass is 395 g/mol. The van der Waals surface area contributed by atoms with Crippen molar-refractivity contribution in [2.75, 3.05) is 20.1 Å². The molecule has 1 aliphatic heterocycles. The molecule has 2 heterocycles. The van der Waals surface area contributed by atoms with Crippen LogP contribution >= 0.6 is 23.7 Å². The van der Waals surface area contributed by atoms with Crippen molar-refractivity contribution >= 4 is 29.7 Å². The van der Waals surface area contributed by atoms with Gasteiger partial charge in [0.25, 0.3) is 5.91 Å². The Kier molecular flexibility index (Phi) is 7.43. The average molecular weight is 396 g/mol. The first-order valence-electron chi connectivity index (χ1n) is 8.76. The van der Waals surface area contributed by atoms with E-state index in [4.69, 9.17) is 4.74 Å². The Morgan fingerprint density at radius 3 is 2.73 bits per heavy atom. The number of carbonyl (C=O) groups is 1. The van der Waals surface area contributed by atoms with E-state index in [-0.39, 0.29) is 24.4 Å². The molecule has 1 N–H and O–H groups in total. The number of nitrogens with zero attached hydrogens (tertiary/aromatic N) is 2. The molecule has 0 aliphatic carbocycles. The number of thiazole rings is 1. The maximum atomic E-state index is 12.7. The zero-order valence-electron chi connectivity index (χ0n) is 15.4. The van der Waals surface area contributed by atoms with Gasteiger partial charge in [0.1, 0.15) is 16.5 Å². The molecule has 0 saturated carbocycles. The Morgan fingerprint density at radius 2 is 2.08 bits per heavy atom. The van der Waals surface area contributed by atoms with Gasteiger partial charge in [0, 0.05) is 30.1 Å². The molecule has 1 saturated heterocycles. The van der Waals surface area contributed by atoms with E-state index in [9.17, 15) is 4.79 Å². The van der Waals surface area contributed by atoms with Gasteiger partial charge in [-0.1, -0.05) is 0 Å². The lowest BCUT2D eigenvalue weighted by molar-refractivity contribution is 0.0693. The molecule has 7 heteroatoms. The molecule has 1 atom stereocenters. The molecule has 1 amide bonds. The molecule has 0 spiro atoms. The second-order valence-corrected chi connectivity index (χ2v) is 7.47. The molecule has 3 rings (SSSR count). The highest BCUT2D eigenvalue weighted by molar-refractivity contribution is 7.13. The lowest BCUT2D eigenvalue weighted by Gasteiger charge is -2.32. The smallest absolute Gasteiger partial charge is 0.273 e. The molecular weight excluding hydrogens is 370 g/mol.